The molecule has 1 nitrogen and oxygen atoms in total. The van der Waals surface area contributed by atoms with Crippen LogP contribution >= 0.6 is 0 Å². The lowest BCUT2D eigenvalue weighted by Gasteiger charge is -2.21. The Morgan fingerprint density at radius 1 is 1.13 bits per heavy atom. The molecule has 1 atom stereocenters. The molecule has 0 radical (unpaired) electrons. The van der Waals surface area contributed by atoms with Crippen molar-refractivity contribution in [2.24, 2.45) is 5.92 Å². The summed E-state index contributed by atoms with van der Waals surface area (Å²) in [6, 6.07) is 4.39. The lowest BCUT2D eigenvalue weighted by molar-refractivity contribution is 0.526. The Kier molecular flexibility index (Phi) is 3.54. The van der Waals surface area contributed by atoms with Gasteiger partial charge in [0.15, 0.2) is 0 Å². The van der Waals surface area contributed by atoms with Gasteiger partial charge in [0.25, 0.3) is 0 Å². The van der Waals surface area contributed by atoms with Crippen LogP contribution in [0.2, 0.25) is 0 Å². The van der Waals surface area contributed by atoms with Crippen LogP contribution < -0.4 is 0 Å². The molecule has 1 aromatic rings. The summed E-state index contributed by atoms with van der Waals surface area (Å²) in [4.78, 5) is 4.45. The normalized spacial score (nSPS) is 14.3. The minimum absolute atomic E-state index is 0.146. The molecule has 0 saturated carbocycles. The summed E-state index contributed by atoms with van der Waals surface area (Å²) in [7, 11) is 0. The van der Waals surface area contributed by atoms with Crippen LogP contribution in [0, 0.1) is 5.92 Å². The van der Waals surface area contributed by atoms with Gasteiger partial charge in [0, 0.05) is 17.3 Å². The van der Waals surface area contributed by atoms with E-state index in [0.29, 0.717) is 11.8 Å². The Balaban J connectivity index is 3.03. The van der Waals surface area contributed by atoms with Crippen LogP contribution in [0.1, 0.15) is 58.7 Å². The van der Waals surface area contributed by atoms with E-state index in [0.717, 1.165) is 0 Å². The van der Waals surface area contributed by atoms with E-state index in [4.69, 9.17) is 0 Å². The van der Waals surface area contributed by atoms with E-state index in [-0.39, 0.29) is 5.41 Å². The van der Waals surface area contributed by atoms with Gasteiger partial charge in [0.05, 0.1) is 0 Å². The van der Waals surface area contributed by atoms with Crippen LogP contribution in [0.4, 0.5) is 0 Å². The second-order valence-electron chi connectivity index (χ2n) is 5.76. The average molecular weight is 205 g/mol. The third-order valence-electron chi connectivity index (χ3n) is 3.08. The van der Waals surface area contributed by atoms with Gasteiger partial charge in [-0.05, 0) is 29.5 Å². The van der Waals surface area contributed by atoms with Gasteiger partial charge in [0.1, 0.15) is 0 Å². The number of pyridine rings is 1. The minimum atomic E-state index is 0.146. The average Bonchev–Trinajstić information content (AvgIpc) is 2.15. The quantitative estimate of drug-likeness (QED) is 0.707. The summed E-state index contributed by atoms with van der Waals surface area (Å²) >= 11 is 0. The van der Waals surface area contributed by atoms with E-state index in [1.165, 1.54) is 11.3 Å². The molecule has 1 aromatic heterocycles. The van der Waals surface area contributed by atoms with E-state index in [2.05, 4.69) is 58.7 Å². The maximum atomic E-state index is 4.45. The molecule has 1 heterocycles. The van der Waals surface area contributed by atoms with E-state index in [9.17, 15) is 0 Å². The van der Waals surface area contributed by atoms with Crippen LogP contribution in [0.15, 0.2) is 18.3 Å². The molecule has 0 aliphatic heterocycles. The van der Waals surface area contributed by atoms with Crippen LogP contribution in [-0.2, 0) is 5.41 Å². The molecule has 15 heavy (non-hydrogen) atoms. The first-order valence-electron chi connectivity index (χ1n) is 5.79. The third-order valence-corrected chi connectivity index (χ3v) is 3.08. The maximum absolute atomic E-state index is 4.45. The molecule has 0 amide bonds. The number of hydrogen-bond acceptors (Lipinski definition) is 1. The number of hydrogen-bond donors (Lipinski definition) is 0. The Bertz CT molecular complexity index is 320. The van der Waals surface area contributed by atoms with E-state index < -0.39 is 0 Å². The first kappa shape index (κ1) is 12.2. The zero-order valence-electron chi connectivity index (χ0n) is 10.8. The second-order valence-corrected chi connectivity index (χ2v) is 5.76. The van der Waals surface area contributed by atoms with Gasteiger partial charge in [-0.15, -0.1) is 0 Å². The zero-order valence-corrected chi connectivity index (χ0v) is 10.8. The summed E-state index contributed by atoms with van der Waals surface area (Å²) in [6.07, 6.45) is 1.94. The SMILES string of the molecule is CC(C)C(C)c1ccnc(C(C)(C)C)c1. The van der Waals surface area contributed by atoms with Crippen molar-refractivity contribution in [2.45, 2.75) is 52.9 Å². The number of nitrogens with zero attached hydrogens (tertiary/aromatic N) is 1. The van der Waals surface area contributed by atoms with Crippen molar-refractivity contribution in [2.75, 3.05) is 0 Å². The number of aromatic nitrogens is 1. The smallest absolute Gasteiger partial charge is 0.0459 e. The summed E-state index contributed by atoms with van der Waals surface area (Å²) < 4.78 is 0. The van der Waals surface area contributed by atoms with Gasteiger partial charge in [0.2, 0.25) is 0 Å². The van der Waals surface area contributed by atoms with Crippen molar-refractivity contribution < 1.29 is 0 Å². The van der Waals surface area contributed by atoms with Gasteiger partial charge < -0.3 is 0 Å². The molecular formula is C14H23N. The van der Waals surface area contributed by atoms with Crippen molar-refractivity contribution in [3.63, 3.8) is 0 Å². The molecule has 0 aliphatic carbocycles. The lowest BCUT2D eigenvalue weighted by Crippen LogP contribution is -2.14. The fourth-order valence-corrected chi connectivity index (χ4v) is 1.53. The molecule has 0 N–H and O–H groups in total. The molecule has 84 valence electrons. The van der Waals surface area contributed by atoms with Crippen molar-refractivity contribution in [1.29, 1.82) is 0 Å². The first-order valence-corrected chi connectivity index (χ1v) is 5.79. The molecule has 1 heteroatoms. The van der Waals surface area contributed by atoms with E-state index in [1.54, 1.807) is 0 Å². The Hall–Kier alpha value is -0.850. The van der Waals surface area contributed by atoms with Crippen molar-refractivity contribution >= 4 is 0 Å². The third kappa shape index (κ3) is 3.05. The zero-order chi connectivity index (χ0) is 11.6. The molecular weight excluding hydrogens is 182 g/mol. The van der Waals surface area contributed by atoms with Crippen LogP contribution in [0.5, 0.6) is 0 Å². The Morgan fingerprint density at radius 2 is 1.73 bits per heavy atom. The largest absolute Gasteiger partial charge is 0.261 e. The standard InChI is InChI=1S/C14H23N/c1-10(2)11(3)12-7-8-15-13(9-12)14(4,5)6/h7-11H,1-6H3. The second kappa shape index (κ2) is 4.34. The highest BCUT2D eigenvalue weighted by Gasteiger charge is 2.17. The van der Waals surface area contributed by atoms with Gasteiger partial charge in [-0.1, -0.05) is 41.5 Å². The van der Waals surface area contributed by atoms with E-state index in [1.807, 2.05) is 6.20 Å². The summed E-state index contributed by atoms with van der Waals surface area (Å²) in [6.45, 7) is 13.4. The topological polar surface area (TPSA) is 12.9 Å². The van der Waals surface area contributed by atoms with Crippen LogP contribution in [0.25, 0.3) is 0 Å². The molecule has 1 rings (SSSR count). The van der Waals surface area contributed by atoms with Crippen molar-refractivity contribution in [3.8, 4) is 0 Å². The highest BCUT2D eigenvalue weighted by molar-refractivity contribution is 5.24. The van der Waals surface area contributed by atoms with Crippen molar-refractivity contribution in [3.05, 3.63) is 29.6 Å². The molecule has 0 aromatic carbocycles. The summed E-state index contributed by atoms with van der Waals surface area (Å²) in [5, 5.41) is 0. The molecule has 0 bridgehead atoms. The Labute approximate surface area is 93.9 Å². The fraction of sp³-hybridized carbons (Fsp3) is 0.643. The molecule has 0 aliphatic rings. The van der Waals surface area contributed by atoms with Crippen LogP contribution in [0.3, 0.4) is 0 Å². The predicted molar refractivity (Wildman–Crippen MR) is 66.2 cm³/mol. The summed E-state index contributed by atoms with van der Waals surface area (Å²) in [5.74, 6) is 1.29. The van der Waals surface area contributed by atoms with Gasteiger partial charge in [-0.3, -0.25) is 4.98 Å². The van der Waals surface area contributed by atoms with Crippen LogP contribution in [-0.4, -0.2) is 4.98 Å². The van der Waals surface area contributed by atoms with Gasteiger partial charge in [-0.2, -0.15) is 0 Å². The molecule has 0 fully saturated rings. The van der Waals surface area contributed by atoms with E-state index >= 15 is 0 Å². The van der Waals surface area contributed by atoms with Crippen molar-refractivity contribution in [1.82, 2.24) is 4.98 Å². The first-order chi connectivity index (χ1) is 6.82. The predicted octanol–water partition coefficient (Wildman–Crippen LogP) is 4.14. The van der Waals surface area contributed by atoms with Gasteiger partial charge in [-0.25, -0.2) is 0 Å². The molecule has 1 unspecified atom stereocenters. The lowest BCUT2D eigenvalue weighted by atomic mass is 9.86. The fourth-order valence-electron chi connectivity index (χ4n) is 1.53. The Morgan fingerprint density at radius 3 is 2.20 bits per heavy atom. The molecule has 0 spiro atoms. The molecule has 0 saturated heterocycles. The maximum Gasteiger partial charge on any atom is 0.0459 e. The highest BCUT2D eigenvalue weighted by atomic mass is 14.7. The highest BCUT2D eigenvalue weighted by Crippen LogP contribution is 2.27. The number of rotatable bonds is 2. The summed E-state index contributed by atoms with van der Waals surface area (Å²) in [5.41, 5.74) is 2.74. The van der Waals surface area contributed by atoms with Gasteiger partial charge >= 0.3 is 0 Å². The monoisotopic (exact) mass is 205 g/mol. The minimum Gasteiger partial charge on any atom is -0.261 e.